The summed E-state index contributed by atoms with van der Waals surface area (Å²) in [6, 6.07) is 9.23. The van der Waals surface area contributed by atoms with Crippen LogP contribution >= 0.6 is 0 Å². The quantitative estimate of drug-likeness (QED) is 0.547. The molecular formula is C25H35N5O2. The largest absolute Gasteiger partial charge is 0.354 e. The van der Waals surface area contributed by atoms with Crippen molar-refractivity contribution in [2.45, 2.75) is 78.0 Å². The van der Waals surface area contributed by atoms with Gasteiger partial charge in [0.05, 0.1) is 6.20 Å². The molecular weight excluding hydrogens is 402 g/mol. The summed E-state index contributed by atoms with van der Waals surface area (Å²) in [7, 11) is 0. The molecule has 1 aliphatic heterocycles. The lowest BCUT2D eigenvalue weighted by Gasteiger charge is -2.39. The van der Waals surface area contributed by atoms with Gasteiger partial charge < -0.3 is 9.88 Å². The third-order valence-corrected chi connectivity index (χ3v) is 6.81. The lowest BCUT2D eigenvalue weighted by molar-refractivity contribution is -0.121. The highest BCUT2D eigenvalue weighted by Gasteiger charge is 2.23. The van der Waals surface area contributed by atoms with Gasteiger partial charge in [-0.2, -0.15) is 5.10 Å². The molecule has 0 aliphatic carbocycles. The van der Waals surface area contributed by atoms with Crippen molar-refractivity contribution in [3.8, 4) is 0 Å². The van der Waals surface area contributed by atoms with Crippen LogP contribution in [0, 0.1) is 0 Å². The lowest BCUT2D eigenvalue weighted by atomic mass is 9.97. The van der Waals surface area contributed by atoms with Gasteiger partial charge in [-0.3, -0.25) is 14.5 Å². The van der Waals surface area contributed by atoms with Gasteiger partial charge in [-0.1, -0.05) is 31.5 Å². The zero-order valence-corrected chi connectivity index (χ0v) is 19.5. The molecule has 0 saturated carbocycles. The number of likely N-dealkylation sites (tertiary alicyclic amines) is 1. The molecule has 172 valence electrons. The number of nitrogens with one attached hydrogen (secondary N) is 1. The maximum atomic E-state index is 13.2. The van der Waals surface area contributed by atoms with Crippen LogP contribution in [0.5, 0.6) is 0 Å². The zero-order chi connectivity index (χ0) is 22.7. The number of amides is 1. The number of para-hydroxylation sites is 1. The molecule has 1 amide bonds. The van der Waals surface area contributed by atoms with Gasteiger partial charge in [0, 0.05) is 48.0 Å². The number of aryl methyl sites for hydroxylation is 1. The topological polar surface area (TPSA) is 72.2 Å². The smallest absolute Gasteiger partial charge is 0.291 e. The minimum atomic E-state index is -0.210. The Labute approximate surface area is 189 Å². The first-order valence-electron chi connectivity index (χ1n) is 12.0. The number of carbonyl (C=O) groups is 1. The molecule has 7 heteroatoms. The molecule has 1 fully saturated rings. The predicted octanol–water partition coefficient (Wildman–Crippen LogP) is 3.53. The second kappa shape index (κ2) is 9.86. The third-order valence-electron chi connectivity index (χ3n) is 6.81. The summed E-state index contributed by atoms with van der Waals surface area (Å²) >= 11 is 0. The molecule has 0 bridgehead atoms. The van der Waals surface area contributed by atoms with Gasteiger partial charge in [-0.25, -0.2) is 4.68 Å². The van der Waals surface area contributed by atoms with Gasteiger partial charge in [0.2, 0.25) is 5.91 Å². The van der Waals surface area contributed by atoms with E-state index < -0.39 is 0 Å². The standard InChI is InChI=1S/C25H35N5O2/c1-4-14-29-22-12-6-5-11-20(22)21-16-27-30(25(32)24(21)29)17-23(31)26-13-8-15-28-18(2)9-7-10-19(28)3/h5-6,11-12,16,18-19H,4,7-10,13-15,17H2,1-3H3,(H,26,31). The van der Waals surface area contributed by atoms with Gasteiger partial charge in [0.15, 0.2) is 0 Å². The molecule has 1 N–H and O–H groups in total. The van der Waals surface area contributed by atoms with Crippen molar-refractivity contribution < 1.29 is 4.79 Å². The van der Waals surface area contributed by atoms with Gasteiger partial charge in [-0.15, -0.1) is 0 Å². The number of fused-ring (bicyclic) bond motifs is 3. The molecule has 2 unspecified atom stereocenters. The van der Waals surface area contributed by atoms with Crippen molar-refractivity contribution in [2.24, 2.45) is 0 Å². The first kappa shape index (κ1) is 22.5. The fourth-order valence-electron chi connectivity index (χ4n) is 5.16. The molecule has 3 aromatic rings. The van der Waals surface area contributed by atoms with E-state index in [2.05, 4.69) is 40.7 Å². The van der Waals surface area contributed by atoms with Crippen LogP contribution in [-0.4, -0.2) is 50.3 Å². The Kier molecular flexibility index (Phi) is 6.94. The summed E-state index contributed by atoms with van der Waals surface area (Å²) in [4.78, 5) is 28.3. The molecule has 3 heterocycles. The van der Waals surface area contributed by atoms with E-state index in [1.165, 1.54) is 23.9 Å². The van der Waals surface area contributed by atoms with Crippen molar-refractivity contribution in [1.29, 1.82) is 0 Å². The first-order valence-corrected chi connectivity index (χ1v) is 12.0. The normalized spacial score (nSPS) is 19.6. The number of aromatic nitrogens is 3. The van der Waals surface area contributed by atoms with Crippen molar-refractivity contribution in [3.63, 3.8) is 0 Å². The number of hydrogen-bond donors (Lipinski definition) is 1. The van der Waals surface area contributed by atoms with Gasteiger partial charge in [-0.05, 0) is 45.6 Å². The van der Waals surface area contributed by atoms with E-state index in [1.54, 1.807) is 6.20 Å². The van der Waals surface area contributed by atoms with Crippen LogP contribution in [0.3, 0.4) is 0 Å². The fourth-order valence-corrected chi connectivity index (χ4v) is 5.16. The minimum absolute atomic E-state index is 0.0566. The number of benzene rings is 1. The SMILES string of the molecule is CCCn1c2ccccc2c2cnn(CC(=O)NCCCN3C(C)CCCC3C)c(=O)c21. The van der Waals surface area contributed by atoms with E-state index in [9.17, 15) is 9.59 Å². The summed E-state index contributed by atoms with van der Waals surface area (Å²) in [5.41, 5.74) is 1.45. The number of hydrogen-bond acceptors (Lipinski definition) is 4. The number of nitrogens with zero attached hydrogens (tertiary/aromatic N) is 4. The average molecular weight is 438 g/mol. The third kappa shape index (κ3) is 4.44. The second-order valence-electron chi connectivity index (χ2n) is 9.11. The van der Waals surface area contributed by atoms with E-state index in [0.29, 0.717) is 24.1 Å². The summed E-state index contributed by atoms with van der Waals surface area (Å²) in [5.74, 6) is -0.170. The van der Waals surface area contributed by atoms with Crippen LogP contribution < -0.4 is 10.9 Å². The number of carbonyl (C=O) groups excluding carboxylic acids is 1. The van der Waals surface area contributed by atoms with Gasteiger partial charge in [0.1, 0.15) is 12.1 Å². The van der Waals surface area contributed by atoms with Gasteiger partial charge in [0.25, 0.3) is 5.56 Å². The van der Waals surface area contributed by atoms with E-state index in [4.69, 9.17) is 0 Å². The van der Waals surface area contributed by atoms with E-state index in [1.807, 2.05) is 24.3 Å². The second-order valence-corrected chi connectivity index (χ2v) is 9.11. The van der Waals surface area contributed by atoms with Gasteiger partial charge >= 0.3 is 0 Å². The fraction of sp³-hybridized carbons (Fsp3) is 0.560. The summed E-state index contributed by atoms with van der Waals surface area (Å²) < 4.78 is 3.35. The highest BCUT2D eigenvalue weighted by Crippen LogP contribution is 2.26. The van der Waals surface area contributed by atoms with Crippen molar-refractivity contribution >= 4 is 27.7 Å². The Morgan fingerprint density at radius 1 is 1.12 bits per heavy atom. The molecule has 32 heavy (non-hydrogen) atoms. The van der Waals surface area contributed by atoms with E-state index >= 15 is 0 Å². The molecule has 1 saturated heterocycles. The molecule has 0 spiro atoms. The maximum Gasteiger partial charge on any atom is 0.291 e. The molecule has 7 nitrogen and oxygen atoms in total. The molecule has 2 atom stereocenters. The van der Waals surface area contributed by atoms with E-state index in [0.717, 1.165) is 42.2 Å². The van der Waals surface area contributed by atoms with Crippen molar-refractivity contribution in [1.82, 2.24) is 24.6 Å². The van der Waals surface area contributed by atoms with Crippen LogP contribution in [-0.2, 0) is 17.9 Å². The van der Waals surface area contributed by atoms with Crippen LogP contribution in [0.1, 0.15) is 52.9 Å². The molecule has 1 aromatic carbocycles. The van der Waals surface area contributed by atoms with Crippen molar-refractivity contribution in [3.05, 3.63) is 40.8 Å². The Balaban J connectivity index is 1.43. The highest BCUT2D eigenvalue weighted by molar-refractivity contribution is 6.07. The van der Waals surface area contributed by atoms with Crippen LogP contribution in [0.15, 0.2) is 35.3 Å². The predicted molar refractivity (Wildman–Crippen MR) is 129 cm³/mol. The molecule has 0 radical (unpaired) electrons. The Bertz CT molecular complexity index is 1140. The maximum absolute atomic E-state index is 13.2. The monoisotopic (exact) mass is 437 g/mol. The molecule has 1 aliphatic rings. The summed E-state index contributed by atoms with van der Waals surface area (Å²) in [6.45, 7) is 8.98. The Morgan fingerprint density at radius 2 is 1.88 bits per heavy atom. The first-order chi connectivity index (χ1) is 15.5. The molecule has 2 aromatic heterocycles. The minimum Gasteiger partial charge on any atom is -0.354 e. The number of rotatable bonds is 8. The van der Waals surface area contributed by atoms with E-state index in [-0.39, 0.29) is 18.0 Å². The average Bonchev–Trinajstić information content (AvgIpc) is 3.09. The lowest BCUT2D eigenvalue weighted by Crippen LogP contribution is -2.45. The Morgan fingerprint density at radius 3 is 2.62 bits per heavy atom. The number of piperidine rings is 1. The van der Waals surface area contributed by atoms with Crippen molar-refractivity contribution in [2.75, 3.05) is 13.1 Å². The Hall–Kier alpha value is -2.67. The van der Waals surface area contributed by atoms with Crippen LogP contribution in [0.25, 0.3) is 21.8 Å². The van der Waals surface area contributed by atoms with Crippen LogP contribution in [0.2, 0.25) is 0 Å². The summed E-state index contributed by atoms with van der Waals surface area (Å²) in [6.07, 6.45) is 7.36. The summed E-state index contributed by atoms with van der Waals surface area (Å²) in [5, 5.41) is 9.16. The molecule has 4 rings (SSSR count). The highest BCUT2D eigenvalue weighted by atomic mass is 16.2. The van der Waals surface area contributed by atoms with Crippen LogP contribution in [0.4, 0.5) is 0 Å². The zero-order valence-electron chi connectivity index (χ0n) is 19.5.